The van der Waals surface area contributed by atoms with Gasteiger partial charge in [-0.05, 0) is 52.8 Å². The summed E-state index contributed by atoms with van der Waals surface area (Å²) in [5.41, 5.74) is -4.23. The van der Waals surface area contributed by atoms with E-state index in [0.29, 0.717) is 0 Å². The van der Waals surface area contributed by atoms with Crippen molar-refractivity contribution in [2.24, 2.45) is 39.9 Å². The van der Waals surface area contributed by atoms with Crippen LogP contribution >= 0.6 is 22.7 Å². The third kappa shape index (κ3) is 15.0. The minimum atomic E-state index is -1.73. The Morgan fingerprint density at radius 3 is 1.98 bits per heavy atom. The standard InChI is InChI=1S/C54H52N16O16S2/c1-12-29-50-68-36(26(9)85-50)47(81)59-23(6)42(76)60-24(7)49-64-32(16-84-49)38-28(13-14-30(61-38)43(77)58-22(5)41(75)57-21(4)40(74)56-20(3)39(55)73)53-65-34(17-87-53)45(79)67-35(25(8)72)46(80)63-31(15-19(2)71)51-69-37(27(10)86-51)48(82)70-52(83-11)54-66-33(18-88-54)44(78)62-29/h12-19,25,35,52,71-72H,3-7H2,1-2,8-11H3,(H2,55,73)(H,56,74)(H,57,75)(H,58,77)(H,59,81)(H,60,76)(H,62,78)(H,63,80)(H,67,79)(H,70,82). The molecular formula is C54H52N16O16S2. The van der Waals surface area contributed by atoms with E-state index in [1.54, 1.807) is 6.92 Å². The van der Waals surface area contributed by atoms with Crippen molar-refractivity contribution in [2.75, 3.05) is 7.11 Å². The molecular weight excluding hydrogens is 1190 g/mol. The average Bonchev–Trinajstić information content (AvgIpc) is 2.95. The molecule has 88 heavy (non-hydrogen) atoms. The molecule has 6 aromatic rings. The number of hydrogen-bond donors (Lipinski definition) is 13. The number of fused-ring (bicyclic) bond motifs is 13. The van der Waals surface area contributed by atoms with Crippen molar-refractivity contribution in [1.82, 2.24) is 35.2 Å². The fourth-order valence-corrected chi connectivity index (χ4v) is 8.69. The molecule has 7 rings (SSSR count). The van der Waals surface area contributed by atoms with Gasteiger partial charge in [0, 0.05) is 23.4 Å². The molecule has 1 amide bonds. The Hall–Kier alpha value is -11.2. The first-order chi connectivity index (χ1) is 41.6. The fraction of sp³-hybridized carbons (Fsp3) is 0.185. The summed E-state index contributed by atoms with van der Waals surface area (Å²) >= 11 is 1.87. The van der Waals surface area contributed by atoms with Crippen molar-refractivity contribution in [3.8, 4) is 22.0 Å². The van der Waals surface area contributed by atoms with Crippen LogP contribution < -0.4 is 5.32 Å². The monoisotopic (exact) mass is 1240 g/mol. The first kappa shape index (κ1) is 64.4. The van der Waals surface area contributed by atoms with Crippen LogP contribution in [-0.4, -0.2) is 170 Å². The number of aliphatic imine (C=N–C) groups is 8. The maximum absolute atomic E-state index is 13.7. The summed E-state index contributed by atoms with van der Waals surface area (Å²) in [6, 6.07) is 0.847. The number of pyridine rings is 1. The number of hydrogen-bond acceptors (Lipinski definition) is 24. The van der Waals surface area contributed by atoms with E-state index in [4.69, 9.17) is 23.4 Å². The molecule has 0 fully saturated rings. The van der Waals surface area contributed by atoms with Crippen LogP contribution in [-0.2, 0) is 4.74 Å². The van der Waals surface area contributed by atoms with Crippen molar-refractivity contribution in [3.63, 3.8) is 0 Å². The molecule has 34 heteroatoms. The normalized spacial score (nSPS) is 17.6. The molecule has 4 unspecified atom stereocenters. The van der Waals surface area contributed by atoms with Crippen molar-refractivity contribution in [1.29, 1.82) is 5.41 Å². The lowest BCUT2D eigenvalue weighted by atomic mass is 10.1. The highest BCUT2D eigenvalue weighted by atomic mass is 32.1. The number of thiazole rings is 2. The van der Waals surface area contributed by atoms with Gasteiger partial charge in [-0.25, -0.2) is 69.8 Å². The van der Waals surface area contributed by atoms with E-state index in [1.165, 1.54) is 63.8 Å². The highest BCUT2D eigenvalue weighted by Gasteiger charge is 2.29. The van der Waals surface area contributed by atoms with Crippen molar-refractivity contribution in [2.45, 2.75) is 59.1 Å². The van der Waals surface area contributed by atoms with E-state index in [-0.39, 0.29) is 102 Å². The van der Waals surface area contributed by atoms with Gasteiger partial charge in [-0.15, -0.1) is 22.7 Å². The number of aromatic nitrogens is 6. The number of aliphatic hydroxyl groups is 11. The number of amides is 1. The topological polar surface area (TPSA) is 500 Å². The van der Waals surface area contributed by atoms with Crippen LogP contribution in [0.5, 0.6) is 0 Å². The molecule has 7 heterocycles. The van der Waals surface area contributed by atoms with Crippen LogP contribution in [0.1, 0.15) is 94.5 Å². The third-order valence-corrected chi connectivity index (χ3v) is 13.1. The van der Waals surface area contributed by atoms with Crippen LogP contribution in [0.4, 0.5) is 0 Å². The number of aliphatic hydroxyl groups excluding tert-OH is 11. The second kappa shape index (κ2) is 27.2. The zero-order valence-electron chi connectivity index (χ0n) is 46.9. The van der Waals surface area contributed by atoms with Gasteiger partial charge >= 0.3 is 0 Å². The van der Waals surface area contributed by atoms with Crippen molar-refractivity contribution < 1.29 is 79.0 Å². The fourth-order valence-electron chi connectivity index (χ4n) is 7.06. The number of ether oxygens (including phenoxy) is 1. The molecule has 32 nitrogen and oxygen atoms in total. The average molecular weight is 1250 g/mol. The molecule has 456 valence electrons. The minimum absolute atomic E-state index is 0.0112. The van der Waals surface area contributed by atoms with Gasteiger partial charge in [0.2, 0.25) is 77.0 Å². The molecule has 0 aromatic carbocycles. The second-order valence-electron chi connectivity index (χ2n) is 17.9. The summed E-state index contributed by atoms with van der Waals surface area (Å²) in [6.07, 6.45) is -0.532. The Balaban J connectivity index is 1.33. The van der Waals surface area contributed by atoms with Gasteiger partial charge in [-0.1, -0.05) is 39.0 Å². The number of methoxy groups -OCH3 is 1. The highest BCUT2D eigenvalue weighted by Crippen LogP contribution is 2.34. The Morgan fingerprint density at radius 2 is 1.34 bits per heavy atom. The lowest BCUT2D eigenvalue weighted by Gasteiger charge is -2.14. The molecule has 0 saturated carbocycles. The van der Waals surface area contributed by atoms with Crippen LogP contribution in [0.3, 0.4) is 0 Å². The van der Waals surface area contributed by atoms with Gasteiger partial charge in [0.1, 0.15) is 90.5 Å². The molecule has 0 saturated heterocycles. The smallest absolute Gasteiger partial charge is 0.274 e. The second-order valence-corrected chi connectivity index (χ2v) is 19.7. The van der Waals surface area contributed by atoms with E-state index >= 15 is 0 Å². The predicted molar refractivity (Wildman–Crippen MR) is 324 cm³/mol. The van der Waals surface area contributed by atoms with Gasteiger partial charge < -0.3 is 79.5 Å². The van der Waals surface area contributed by atoms with Crippen molar-refractivity contribution in [3.05, 3.63) is 160 Å². The SMILES string of the molecule is C=C(N=C(O)C(=C)N=C(O)C(=C)NC(=O)c1ccc2c(n1)-c1coc(n1)C(=C)N=C(O)C(=C)N=C(O)c1nc(oc1C)C(=CC)N=C(O)c1csc(n1)C(OC)N=C(O)c1nc(oc1C)C(=CC(C)O)N=C(O)C(C(C)O)N=C(O)c1csc-2n1)C(=N)O. The van der Waals surface area contributed by atoms with Gasteiger partial charge in [0.15, 0.2) is 17.4 Å². The molecule has 0 spiro atoms. The summed E-state index contributed by atoms with van der Waals surface area (Å²) in [4.78, 5) is 71.7. The molecule has 1 aliphatic heterocycles. The van der Waals surface area contributed by atoms with Crippen molar-refractivity contribution >= 4 is 98.8 Å². The molecule has 4 atom stereocenters. The summed E-state index contributed by atoms with van der Waals surface area (Å²) in [5.74, 6) is -9.78. The summed E-state index contributed by atoms with van der Waals surface area (Å²) in [7, 11) is 1.27. The van der Waals surface area contributed by atoms with Gasteiger partial charge in [-0.3, -0.25) is 10.2 Å². The first-order valence-corrected chi connectivity index (χ1v) is 26.7. The minimum Gasteiger partial charge on any atom is -0.495 e. The van der Waals surface area contributed by atoms with E-state index in [9.17, 15) is 61.0 Å². The van der Waals surface area contributed by atoms with Crippen LogP contribution in [0.2, 0.25) is 0 Å². The lowest BCUT2D eigenvalue weighted by molar-refractivity contribution is 0.0962. The zero-order chi connectivity index (χ0) is 64.6. The highest BCUT2D eigenvalue weighted by molar-refractivity contribution is 7.13. The summed E-state index contributed by atoms with van der Waals surface area (Å²) in [5, 5.41) is 131. The van der Waals surface area contributed by atoms with E-state index in [2.05, 4.69) is 108 Å². The third-order valence-electron chi connectivity index (χ3n) is 11.4. The Bertz CT molecular complexity index is 4160. The molecule has 10 bridgehead atoms. The quantitative estimate of drug-likeness (QED) is 0.0458. The summed E-state index contributed by atoms with van der Waals surface area (Å²) < 4.78 is 22.7. The van der Waals surface area contributed by atoms with Gasteiger partial charge in [0.05, 0.1) is 17.9 Å². The van der Waals surface area contributed by atoms with Crippen LogP contribution in [0.15, 0.2) is 150 Å². The van der Waals surface area contributed by atoms with Crippen LogP contribution in [0, 0.1) is 19.3 Å². The van der Waals surface area contributed by atoms with E-state index in [1.807, 2.05) is 0 Å². The zero-order valence-corrected chi connectivity index (χ0v) is 48.6. The Labute approximate surface area is 504 Å². The molecule has 0 aliphatic carbocycles. The number of rotatable bonds is 10. The molecule has 1 aliphatic rings. The summed E-state index contributed by atoms with van der Waals surface area (Å²) in [6.45, 7) is 24.7. The number of aryl methyl sites for hydroxylation is 2. The molecule has 13 N–H and O–H groups in total. The maximum Gasteiger partial charge on any atom is 0.274 e. The van der Waals surface area contributed by atoms with Gasteiger partial charge in [0.25, 0.3) is 5.91 Å². The largest absolute Gasteiger partial charge is 0.495 e. The number of carbonyl (C=O) groups excluding carboxylic acids is 1. The predicted octanol–water partition coefficient (Wildman–Crippen LogP) is 7.84. The Morgan fingerprint density at radius 1 is 0.716 bits per heavy atom. The number of nitrogens with zero attached hydrogens (tertiary/aromatic N) is 14. The van der Waals surface area contributed by atoms with E-state index < -0.39 is 106 Å². The van der Waals surface area contributed by atoms with Gasteiger partial charge in [-0.2, -0.15) is 0 Å². The Kier molecular flexibility index (Phi) is 19.9. The lowest BCUT2D eigenvalue weighted by Crippen LogP contribution is -2.31. The number of oxazole rings is 3. The van der Waals surface area contributed by atoms with E-state index in [0.717, 1.165) is 35.0 Å². The van der Waals surface area contributed by atoms with Crippen LogP contribution in [0.25, 0.3) is 39.1 Å². The molecule has 6 aromatic heterocycles. The number of nitrogens with one attached hydrogen (secondary N) is 2. The maximum atomic E-state index is 13.7. The first-order valence-electron chi connectivity index (χ1n) is 24.9. The number of carbonyl (C=O) groups is 1. The number of allylic oxidation sites excluding steroid dienone is 1. The molecule has 0 radical (unpaired) electrons.